The second-order valence-electron chi connectivity index (χ2n) is 8.60. The van der Waals surface area contributed by atoms with Crippen LogP contribution in [0.3, 0.4) is 0 Å². The van der Waals surface area contributed by atoms with Crippen LogP contribution in [0.25, 0.3) is 0 Å². The molecule has 1 N–H and O–H groups in total. The van der Waals surface area contributed by atoms with E-state index >= 15 is 0 Å². The van der Waals surface area contributed by atoms with Crippen molar-refractivity contribution >= 4 is 11.7 Å². The van der Waals surface area contributed by atoms with Gasteiger partial charge in [0.15, 0.2) is 0 Å². The molecule has 0 radical (unpaired) electrons. The number of hydrogen-bond donors (Lipinski definition) is 1. The first-order chi connectivity index (χ1) is 14.3. The Labute approximate surface area is 171 Å². The molecule has 6 heteroatoms. The van der Waals surface area contributed by atoms with Gasteiger partial charge in [-0.05, 0) is 44.1 Å². The predicted octanol–water partition coefficient (Wildman–Crippen LogP) is 2.74. The van der Waals surface area contributed by atoms with Gasteiger partial charge in [0.05, 0.1) is 11.6 Å². The van der Waals surface area contributed by atoms with Crippen LogP contribution in [0.4, 0.5) is 5.82 Å². The molecular formula is C23H28N4O2. The van der Waals surface area contributed by atoms with Gasteiger partial charge in [0.2, 0.25) is 5.91 Å². The van der Waals surface area contributed by atoms with Crippen molar-refractivity contribution in [3.8, 4) is 0 Å². The number of fused-ring (bicyclic) bond motifs is 2. The van der Waals surface area contributed by atoms with Gasteiger partial charge in [0, 0.05) is 43.7 Å². The first kappa shape index (κ1) is 18.6. The third-order valence-electron chi connectivity index (χ3n) is 6.93. The van der Waals surface area contributed by atoms with E-state index in [0.717, 1.165) is 57.6 Å². The highest BCUT2D eigenvalue weighted by Crippen LogP contribution is 2.53. The van der Waals surface area contributed by atoms with Crippen LogP contribution in [0.5, 0.6) is 0 Å². The molecule has 3 atom stereocenters. The normalized spacial score (nSPS) is 29.2. The number of aromatic nitrogens is 2. The van der Waals surface area contributed by atoms with Crippen molar-refractivity contribution in [1.29, 1.82) is 0 Å². The molecule has 0 aliphatic carbocycles. The van der Waals surface area contributed by atoms with Gasteiger partial charge in [-0.25, -0.2) is 4.98 Å². The Morgan fingerprint density at radius 3 is 2.72 bits per heavy atom. The first-order valence-electron chi connectivity index (χ1n) is 10.7. The quantitative estimate of drug-likeness (QED) is 0.848. The lowest BCUT2D eigenvalue weighted by Gasteiger charge is -2.38. The lowest BCUT2D eigenvalue weighted by atomic mass is 9.69. The van der Waals surface area contributed by atoms with Gasteiger partial charge < -0.3 is 15.0 Å². The van der Waals surface area contributed by atoms with Crippen LogP contribution in [-0.2, 0) is 16.0 Å². The number of nitrogens with one attached hydrogen (secondary N) is 1. The van der Waals surface area contributed by atoms with E-state index in [1.807, 2.05) is 12.3 Å². The zero-order valence-corrected chi connectivity index (χ0v) is 16.7. The van der Waals surface area contributed by atoms with Crippen molar-refractivity contribution in [3.05, 3.63) is 54.5 Å². The minimum absolute atomic E-state index is 0.157. The molecule has 3 aliphatic heterocycles. The number of ether oxygens (including phenoxy) is 1. The van der Waals surface area contributed by atoms with Crippen molar-refractivity contribution in [1.82, 2.24) is 15.3 Å². The van der Waals surface area contributed by atoms with Crippen LogP contribution in [0.1, 0.15) is 37.7 Å². The molecule has 1 aromatic carbocycles. The van der Waals surface area contributed by atoms with Gasteiger partial charge in [-0.2, -0.15) is 0 Å². The summed E-state index contributed by atoms with van der Waals surface area (Å²) in [5.41, 5.74) is 0.793. The highest BCUT2D eigenvalue weighted by Gasteiger charge is 2.60. The largest absolute Gasteiger partial charge is 0.381 e. The van der Waals surface area contributed by atoms with Gasteiger partial charge in [-0.15, -0.1) is 0 Å². The summed E-state index contributed by atoms with van der Waals surface area (Å²) in [5.74, 6) is 1.10. The summed E-state index contributed by atoms with van der Waals surface area (Å²) in [7, 11) is 0. The molecule has 4 heterocycles. The van der Waals surface area contributed by atoms with Crippen molar-refractivity contribution in [2.45, 2.75) is 56.7 Å². The third kappa shape index (κ3) is 3.39. The molecule has 6 nitrogen and oxygen atoms in total. The summed E-state index contributed by atoms with van der Waals surface area (Å²) < 4.78 is 5.48. The minimum atomic E-state index is -0.430. The fraction of sp³-hybridized carbons (Fsp3) is 0.522. The maximum Gasteiger partial charge on any atom is 0.228 e. The average molecular weight is 393 g/mol. The number of rotatable bonds is 5. The Kier molecular flexibility index (Phi) is 4.96. The van der Waals surface area contributed by atoms with Crippen molar-refractivity contribution in [2.75, 3.05) is 18.1 Å². The fourth-order valence-corrected chi connectivity index (χ4v) is 5.60. The Bertz CT molecular complexity index is 840. The van der Waals surface area contributed by atoms with Crippen LogP contribution in [0.15, 0.2) is 48.9 Å². The van der Waals surface area contributed by atoms with Crippen molar-refractivity contribution < 1.29 is 9.53 Å². The molecule has 29 heavy (non-hydrogen) atoms. The molecular weight excluding hydrogens is 364 g/mol. The number of anilines is 1. The second kappa shape index (κ2) is 7.75. The monoisotopic (exact) mass is 392 g/mol. The van der Waals surface area contributed by atoms with Crippen LogP contribution in [0.2, 0.25) is 0 Å². The van der Waals surface area contributed by atoms with E-state index in [-0.39, 0.29) is 18.0 Å². The summed E-state index contributed by atoms with van der Waals surface area (Å²) in [6.07, 6.45) is 10.9. The molecule has 2 bridgehead atoms. The van der Waals surface area contributed by atoms with Crippen molar-refractivity contribution in [2.24, 2.45) is 5.41 Å². The summed E-state index contributed by atoms with van der Waals surface area (Å²) in [6.45, 7) is 1.46. The smallest absolute Gasteiger partial charge is 0.228 e. The Morgan fingerprint density at radius 2 is 1.97 bits per heavy atom. The molecule has 0 spiro atoms. The van der Waals surface area contributed by atoms with Gasteiger partial charge in [-0.1, -0.05) is 30.3 Å². The van der Waals surface area contributed by atoms with E-state index in [2.05, 4.69) is 44.5 Å². The van der Waals surface area contributed by atoms with Gasteiger partial charge >= 0.3 is 0 Å². The number of carbonyl (C=O) groups is 1. The van der Waals surface area contributed by atoms with E-state index in [1.165, 1.54) is 5.56 Å². The minimum Gasteiger partial charge on any atom is -0.381 e. The zero-order chi connectivity index (χ0) is 19.7. The molecule has 2 aromatic rings. The Balaban J connectivity index is 1.47. The summed E-state index contributed by atoms with van der Waals surface area (Å²) in [6, 6.07) is 11.2. The second-order valence-corrected chi connectivity index (χ2v) is 8.60. The average Bonchev–Trinajstić information content (AvgIpc) is 3.32. The lowest BCUT2D eigenvalue weighted by Crippen LogP contribution is -2.53. The van der Waals surface area contributed by atoms with Gasteiger partial charge in [-0.3, -0.25) is 9.78 Å². The van der Waals surface area contributed by atoms with E-state index in [1.54, 1.807) is 12.4 Å². The molecule has 5 rings (SSSR count). The maximum atomic E-state index is 13.8. The molecule has 3 saturated heterocycles. The van der Waals surface area contributed by atoms with E-state index in [0.29, 0.717) is 6.04 Å². The highest BCUT2D eigenvalue weighted by atomic mass is 16.5. The third-order valence-corrected chi connectivity index (χ3v) is 6.93. The van der Waals surface area contributed by atoms with Crippen LogP contribution < -0.4 is 10.2 Å². The molecule has 1 aromatic heterocycles. The predicted molar refractivity (Wildman–Crippen MR) is 111 cm³/mol. The highest BCUT2D eigenvalue weighted by molar-refractivity contribution is 5.86. The van der Waals surface area contributed by atoms with Crippen LogP contribution in [-0.4, -0.2) is 47.2 Å². The van der Waals surface area contributed by atoms with E-state index < -0.39 is 5.41 Å². The number of carbonyl (C=O) groups excluding carboxylic acids is 1. The maximum absolute atomic E-state index is 13.8. The Morgan fingerprint density at radius 1 is 1.14 bits per heavy atom. The Hall–Kier alpha value is -2.47. The van der Waals surface area contributed by atoms with Crippen molar-refractivity contribution in [3.63, 3.8) is 0 Å². The standard InChI is InChI=1S/C23H28N4O2/c28-22(26-18-8-12-29-13-9-18)23(14-17-4-2-1-3-5-17)15-19-6-7-20(23)27(19)21-16-24-10-11-25-21/h1-5,10-11,16,18-20H,6-9,12-15H2,(H,26,28)/t19-,20+,23+/m1/s1. The van der Waals surface area contributed by atoms with E-state index in [4.69, 9.17) is 4.74 Å². The number of hydrogen-bond acceptors (Lipinski definition) is 5. The molecule has 3 fully saturated rings. The summed E-state index contributed by atoms with van der Waals surface area (Å²) >= 11 is 0. The summed E-state index contributed by atoms with van der Waals surface area (Å²) in [5, 5.41) is 3.40. The first-order valence-corrected chi connectivity index (χ1v) is 10.7. The topological polar surface area (TPSA) is 67.3 Å². The van der Waals surface area contributed by atoms with Gasteiger partial charge in [0.1, 0.15) is 5.82 Å². The number of amides is 1. The molecule has 152 valence electrons. The van der Waals surface area contributed by atoms with Gasteiger partial charge in [0.25, 0.3) is 0 Å². The van der Waals surface area contributed by atoms with Crippen LogP contribution >= 0.6 is 0 Å². The summed E-state index contributed by atoms with van der Waals surface area (Å²) in [4.78, 5) is 25.0. The molecule has 3 aliphatic rings. The molecule has 0 saturated carbocycles. The zero-order valence-electron chi connectivity index (χ0n) is 16.7. The number of benzene rings is 1. The fourth-order valence-electron chi connectivity index (χ4n) is 5.60. The SMILES string of the molecule is O=C(NC1CCOCC1)[C@@]1(Cc2ccccc2)C[C@H]2CC[C@@H]1N2c1cnccn1. The number of nitrogens with zero attached hydrogens (tertiary/aromatic N) is 3. The van der Waals surface area contributed by atoms with E-state index in [9.17, 15) is 4.79 Å². The molecule has 1 amide bonds. The van der Waals surface area contributed by atoms with Crippen LogP contribution in [0, 0.1) is 5.41 Å². The molecule has 0 unspecified atom stereocenters. The lowest BCUT2D eigenvalue weighted by molar-refractivity contribution is -0.133.